The highest BCUT2D eigenvalue weighted by Gasteiger charge is 2.12. The first-order valence-corrected chi connectivity index (χ1v) is 5.37. The molecule has 16 heavy (non-hydrogen) atoms. The van der Waals surface area contributed by atoms with E-state index in [1.165, 1.54) is 16.5 Å². The summed E-state index contributed by atoms with van der Waals surface area (Å²) < 4.78 is 0. The van der Waals surface area contributed by atoms with E-state index in [0.29, 0.717) is 0 Å². The lowest BCUT2D eigenvalue weighted by molar-refractivity contribution is 1.34. The van der Waals surface area contributed by atoms with Crippen LogP contribution < -0.4 is 4.90 Å². The van der Waals surface area contributed by atoms with Crippen LogP contribution >= 0.6 is 0 Å². The van der Waals surface area contributed by atoms with Crippen LogP contribution in [0.3, 0.4) is 0 Å². The van der Waals surface area contributed by atoms with Crippen molar-refractivity contribution in [3.8, 4) is 0 Å². The number of anilines is 1. The smallest absolute Gasteiger partial charge is 0.0998 e. The maximum atomic E-state index is 4.46. The summed E-state index contributed by atoms with van der Waals surface area (Å²) in [6, 6.07) is 12.5. The van der Waals surface area contributed by atoms with E-state index in [1.54, 1.807) is 0 Å². The molecule has 0 N–H and O–H groups in total. The zero-order chi connectivity index (χ0) is 11.0. The molecule has 0 unspecified atom stereocenters. The van der Waals surface area contributed by atoms with E-state index in [0.717, 1.165) is 5.69 Å². The number of aliphatic imine (C=N–C) groups is 1. The average Bonchev–Trinajstić information content (AvgIpc) is 2.33. The molecule has 0 saturated heterocycles. The van der Waals surface area contributed by atoms with Crippen LogP contribution in [0.2, 0.25) is 0 Å². The molecule has 0 fully saturated rings. The first kappa shape index (κ1) is 9.16. The van der Waals surface area contributed by atoms with Crippen LogP contribution in [0.5, 0.6) is 0 Å². The third kappa shape index (κ3) is 1.23. The first-order valence-electron chi connectivity index (χ1n) is 5.37. The minimum Gasteiger partial charge on any atom is -0.307 e. The Morgan fingerprint density at radius 2 is 1.94 bits per heavy atom. The summed E-state index contributed by atoms with van der Waals surface area (Å²) in [5, 5.41) is 2.46. The van der Waals surface area contributed by atoms with Gasteiger partial charge in [-0.1, -0.05) is 30.3 Å². The second kappa shape index (κ2) is 3.49. The van der Waals surface area contributed by atoms with Gasteiger partial charge in [0.25, 0.3) is 0 Å². The van der Waals surface area contributed by atoms with Gasteiger partial charge < -0.3 is 4.90 Å². The molecule has 1 heterocycles. The minimum atomic E-state index is 1.05. The molecule has 2 nitrogen and oxygen atoms in total. The van der Waals surface area contributed by atoms with Crippen molar-refractivity contribution in [1.82, 2.24) is 0 Å². The molecule has 2 aromatic rings. The Bertz CT molecular complexity index is 591. The van der Waals surface area contributed by atoms with Crippen LogP contribution in [-0.4, -0.2) is 6.34 Å². The van der Waals surface area contributed by atoms with Crippen LogP contribution in [0.25, 0.3) is 10.8 Å². The van der Waals surface area contributed by atoms with E-state index in [2.05, 4.69) is 40.2 Å². The summed E-state index contributed by atoms with van der Waals surface area (Å²) in [7, 11) is 0. The van der Waals surface area contributed by atoms with E-state index in [4.69, 9.17) is 0 Å². The zero-order valence-corrected chi connectivity index (χ0v) is 9.09. The van der Waals surface area contributed by atoms with E-state index in [-0.39, 0.29) is 0 Å². The van der Waals surface area contributed by atoms with Gasteiger partial charge in [0.1, 0.15) is 0 Å². The number of allylic oxidation sites excluding steroid dienone is 1. The zero-order valence-electron chi connectivity index (χ0n) is 9.09. The average molecular weight is 208 g/mol. The van der Waals surface area contributed by atoms with Gasteiger partial charge in [-0.25, -0.2) is 4.99 Å². The molecule has 0 aliphatic carbocycles. The highest BCUT2D eigenvalue weighted by atomic mass is 15.2. The van der Waals surface area contributed by atoms with Crippen molar-refractivity contribution in [3.63, 3.8) is 0 Å². The molecule has 3 rings (SSSR count). The molecule has 0 radical (unpaired) electrons. The molecule has 0 atom stereocenters. The summed E-state index contributed by atoms with van der Waals surface area (Å²) in [6.07, 6.45) is 5.89. The van der Waals surface area contributed by atoms with Crippen LogP contribution in [-0.2, 0) is 0 Å². The molecular formula is C14H12N2. The number of benzene rings is 2. The molecule has 1 aliphatic rings. The number of hydrogen-bond acceptors (Lipinski definition) is 2. The molecule has 0 saturated carbocycles. The van der Waals surface area contributed by atoms with Gasteiger partial charge in [-0.2, -0.15) is 0 Å². The Labute approximate surface area is 94.5 Å². The molecule has 0 bridgehead atoms. The van der Waals surface area contributed by atoms with Gasteiger partial charge in [-0.05, 0) is 24.4 Å². The summed E-state index contributed by atoms with van der Waals surface area (Å²) in [4.78, 5) is 6.51. The maximum absolute atomic E-state index is 4.46. The lowest BCUT2D eigenvalue weighted by atomic mass is 10.1. The Morgan fingerprint density at radius 1 is 1.12 bits per heavy atom. The van der Waals surface area contributed by atoms with Gasteiger partial charge in [-0.15, -0.1) is 0 Å². The molecular weight excluding hydrogens is 196 g/mol. The SMILES string of the molecule is CC=CN1C=Nc2cccc3cccc1c23. The largest absolute Gasteiger partial charge is 0.307 e. The lowest BCUT2D eigenvalue weighted by Gasteiger charge is -2.21. The second-order valence-electron chi connectivity index (χ2n) is 3.79. The van der Waals surface area contributed by atoms with Crippen LogP contribution in [0.15, 0.2) is 53.7 Å². The molecule has 78 valence electrons. The predicted octanol–water partition coefficient (Wildman–Crippen LogP) is 3.85. The molecule has 0 aromatic heterocycles. The number of rotatable bonds is 1. The van der Waals surface area contributed by atoms with Gasteiger partial charge in [-0.3, -0.25) is 0 Å². The van der Waals surface area contributed by atoms with Crippen molar-refractivity contribution < 1.29 is 0 Å². The van der Waals surface area contributed by atoms with Crippen molar-refractivity contribution >= 4 is 28.5 Å². The van der Waals surface area contributed by atoms with Crippen LogP contribution in [0, 0.1) is 0 Å². The van der Waals surface area contributed by atoms with E-state index in [9.17, 15) is 0 Å². The molecule has 0 spiro atoms. The molecule has 2 heteroatoms. The maximum Gasteiger partial charge on any atom is 0.0998 e. The first-order chi connectivity index (χ1) is 7.90. The van der Waals surface area contributed by atoms with Gasteiger partial charge >= 0.3 is 0 Å². The molecule has 0 amide bonds. The Hall–Kier alpha value is -2.09. The van der Waals surface area contributed by atoms with E-state index in [1.807, 2.05) is 31.6 Å². The van der Waals surface area contributed by atoms with Crippen LogP contribution in [0.1, 0.15) is 6.92 Å². The fraction of sp³-hybridized carbons (Fsp3) is 0.0714. The van der Waals surface area contributed by atoms with Crippen molar-refractivity contribution in [2.75, 3.05) is 4.90 Å². The highest BCUT2D eigenvalue weighted by Crippen LogP contribution is 2.36. The van der Waals surface area contributed by atoms with Crippen LogP contribution in [0.4, 0.5) is 11.4 Å². The lowest BCUT2D eigenvalue weighted by Crippen LogP contribution is -2.15. The minimum absolute atomic E-state index is 1.05. The van der Waals surface area contributed by atoms with Gasteiger partial charge in [0, 0.05) is 11.6 Å². The summed E-state index contributed by atoms with van der Waals surface area (Å²) >= 11 is 0. The molecule has 1 aliphatic heterocycles. The third-order valence-corrected chi connectivity index (χ3v) is 2.77. The summed E-state index contributed by atoms with van der Waals surface area (Å²) in [5.74, 6) is 0. The Morgan fingerprint density at radius 3 is 2.75 bits per heavy atom. The Kier molecular flexibility index (Phi) is 2.00. The molecule has 2 aromatic carbocycles. The monoisotopic (exact) mass is 208 g/mol. The van der Waals surface area contributed by atoms with Gasteiger partial charge in [0.15, 0.2) is 0 Å². The fourth-order valence-electron chi connectivity index (χ4n) is 2.09. The van der Waals surface area contributed by atoms with Crippen molar-refractivity contribution in [2.24, 2.45) is 4.99 Å². The van der Waals surface area contributed by atoms with E-state index < -0.39 is 0 Å². The predicted molar refractivity (Wildman–Crippen MR) is 69.4 cm³/mol. The Balaban J connectivity index is 2.35. The van der Waals surface area contributed by atoms with Crippen molar-refractivity contribution in [3.05, 3.63) is 48.7 Å². The summed E-state index contributed by atoms with van der Waals surface area (Å²) in [5.41, 5.74) is 2.25. The third-order valence-electron chi connectivity index (χ3n) is 2.77. The summed E-state index contributed by atoms with van der Waals surface area (Å²) in [6.45, 7) is 2.01. The standard InChI is InChI=1S/C14H12N2/c1-2-9-16-10-15-12-7-3-5-11-6-4-8-13(16)14(11)12/h2-10H,1H3. The topological polar surface area (TPSA) is 15.6 Å². The quantitative estimate of drug-likeness (QED) is 0.695. The van der Waals surface area contributed by atoms with Gasteiger partial charge in [0.2, 0.25) is 0 Å². The van der Waals surface area contributed by atoms with Gasteiger partial charge in [0.05, 0.1) is 17.7 Å². The number of hydrogen-bond donors (Lipinski definition) is 0. The fourth-order valence-corrected chi connectivity index (χ4v) is 2.09. The number of nitrogens with zero attached hydrogens (tertiary/aromatic N) is 2. The normalized spacial score (nSPS) is 13.9. The van der Waals surface area contributed by atoms with E-state index >= 15 is 0 Å². The second-order valence-corrected chi connectivity index (χ2v) is 3.79. The van der Waals surface area contributed by atoms with Crippen molar-refractivity contribution in [1.29, 1.82) is 0 Å². The van der Waals surface area contributed by atoms with Crippen molar-refractivity contribution in [2.45, 2.75) is 6.92 Å². The highest BCUT2D eigenvalue weighted by molar-refractivity contribution is 6.09.